The maximum atomic E-state index is 13.1. The molecule has 3 unspecified atom stereocenters. The van der Waals surface area contributed by atoms with E-state index >= 15 is 0 Å². The molecule has 2 fully saturated rings. The number of aryl methyl sites for hydroxylation is 1. The summed E-state index contributed by atoms with van der Waals surface area (Å²) in [5.41, 5.74) is 4.41. The number of anilines is 1. The smallest absolute Gasteiger partial charge is 0.329 e. The third kappa shape index (κ3) is 7.68. The highest BCUT2D eigenvalue weighted by atomic mass is 35.5. The van der Waals surface area contributed by atoms with Gasteiger partial charge in [-0.2, -0.15) is 0 Å². The Hall–Kier alpha value is -4.02. The molecule has 1 amide bonds. The van der Waals surface area contributed by atoms with Gasteiger partial charge in [-0.3, -0.25) is 9.78 Å². The topological polar surface area (TPSA) is 113 Å². The summed E-state index contributed by atoms with van der Waals surface area (Å²) in [5, 5.41) is 14.7. The van der Waals surface area contributed by atoms with E-state index in [9.17, 15) is 14.7 Å². The highest BCUT2D eigenvalue weighted by molar-refractivity contribution is 6.30. The zero-order chi connectivity index (χ0) is 39.2. The number of rotatable bonds is 12. The van der Waals surface area contributed by atoms with Crippen LogP contribution in [0.1, 0.15) is 93.5 Å². The highest BCUT2D eigenvalue weighted by Gasteiger charge is 2.54. The minimum Gasteiger partial charge on any atom is -0.493 e. The molecular weight excluding hydrogens is 728 g/mol. The molecule has 3 heterocycles. The second kappa shape index (κ2) is 15.7. The molecule has 2 aromatic carbocycles. The van der Waals surface area contributed by atoms with E-state index in [2.05, 4.69) is 48.2 Å². The fourth-order valence-corrected chi connectivity index (χ4v) is 10.9. The van der Waals surface area contributed by atoms with Crippen LogP contribution in [0, 0.1) is 17.8 Å². The highest BCUT2D eigenvalue weighted by Crippen LogP contribution is 2.58. The molecule has 0 bridgehead atoms. The van der Waals surface area contributed by atoms with Crippen LogP contribution in [0.3, 0.4) is 0 Å². The fourth-order valence-electron chi connectivity index (χ4n) is 10.7. The number of aromatic nitrogens is 1. The second-order valence-electron chi connectivity index (χ2n) is 17.8. The molecular formula is C45H57ClN4O6. The Balaban J connectivity index is 1.02. The molecule has 0 radical (unpaired) electrons. The molecule has 8 rings (SSSR count). The summed E-state index contributed by atoms with van der Waals surface area (Å²) < 4.78 is 19.7. The SMILES string of the molecule is C[C@@H](COc1ccnc2c1[C@H](C)CCC2)CC1Cc2cc3c(cc2C12CCC(Nc1cccc(Cl)c1)(C(=O)O)CC2)OC(CN(C)CC1CC(=O)N(C)C1)CO3. The van der Waals surface area contributed by atoms with Crippen LogP contribution < -0.4 is 19.5 Å². The van der Waals surface area contributed by atoms with Crippen molar-refractivity contribution in [2.24, 2.45) is 17.8 Å². The standard InChI is InChI=1S/C45H57ClN4O6/c1-28(26-54-38-11-16-47-37-10-5-7-29(2)42(37)38)17-32-19-31-20-39-40(56-35(27-55-39)25-49(3)23-30-18-41(51)50(4)24-30)22-36(31)44(32)12-14-45(15-13-44,43(52)53)48-34-9-6-8-33(46)21-34/h6,8-9,11,16,20-22,28-30,32,35,48H,5,7,10,12-15,17-19,23-27H2,1-4H3,(H,52,53)/t28-,29-,30?,32?,35?,44?,45?/m1/s1. The number of carbonyl (C=O) groups excluding carboxylic acids is 1. The number of carbonyl (C=O) groups is 2. The van der Waals surface area contributed by atoms with Crippen LogP contribution in [0.4, 0.5) is 5.69 Å². The van der Waals surface area contributed by atoms with E-state index in [0.29, 0.717) is 61.8 Å². The van der Waals surface area contributed by atoms with Crippen LogP contribution >= 0.6 is 11.6 Å². The number of likely N-dealkylation sites (N-methyl/N-ethyl adjacent to an activating group) is 1. The monoisotopic (exact) mass is 784 g/mol. The van der Waals surface area contributed by atoms with Gasteiger partial charge in [-0.1, -0.05) is 31.5 Å². The van der Waals surface area contributed by atoms with E-state index in [-0.39, 0.29) is 23.3 Å². The summed E-state index contributed by atoms with van der Waals surface area (Å²) >= 11 is 6.32. The van der Waals surface area contributed by atoms with Gasteiger partial charge in [0.2, 0.25) is 5.91 Å². The van der Waals surface area contributed by atoms with Gasteiger partial charge in [0.05, 0.1) is 6.61 Å². The third-order valence-electron chi connectivity index (χ3n) is 13.6. The Labute approximate surface area is 336 Å². The van der Waals surface area contributed by atoms with Crippen molar-refractivity contribution in [2.75, 3.05) is 52.3 Å². The molecule has 2 N–H and O–H groups in total. The molecule has 5 atom stereocenters. The van der Waals surface area contributed by atoms with Gasteiger partial charge >= 0.3 is 5.97 Å². The van der Waals surface area contributed by atoms with E-state index in [1.165, 1.54) is 28.8 Å². The summed E-state index contributed by atoms with van der Waals surface area (Å²) in [6.45, 7) is 7.97. The van der Waals surface area contributed by atoms with Crippen molar-refractivity contribution in [2.45, 2.75) is 101 Å². The van der Waals surface area contributed by atoms with Crippen molar-refractivity contribution in [1.29, 1.82) is 0 Å². The predicted octanol–water partition coefficient (Wildman–Crippen LogP) is 7.75. The van der Waals surface area contributed by atoms with Gasteiger partial charge in [0.1, 0.15) is 24.0 Å². The number of benzene rings is 2. The molecule has 5 aliphatic rings. The van der Waals surface area contributed by atoms with E-state index in [4.69, 9.17) is 25.8 Å². The molecule has 56 heavy (non-hydrogen) atoms. The average Bonchev–Trinajstić information content (AvgIpc) is 3.63. The maximum absolute atomic E-state index is 13.1. The number of likely N-dealkylation sites (tertiary alicyclic amines) is 1. The minimum absolute atomic E-state index is 0.139. The maximum Gasteiger partial charge on any atom is 0.329 e. The van der Waals surface area contributed by atoms with Crippen molar-refractivity contribution in [1.82, 2.24) is 14.8 Å². The number of aliphatic carboxylic acids is 1. The zero-order valence-electron chi connectivity index (χ0n) is 33.3. The number of amides is 1. The van der Waals surface area contributed by atoms with Crippen molar-refractivity contribution < 1.29 is 28.9 Å². The number of hydrogen-bond acceptors (Lipinski definition) is 8. The van der Waals surface area contributed by atoms with Gasteiger partial charge in [-0.25, -0.2) is 4.79 Å². The Morgan fingerprint density at radius 2 is 1.96 bits per heavy atom. The molecule has 11 heteroatoms. The first kappa shape index (κ1) is 38.8. The van der Waals surface area contributed by atoms with E-state index < -0.39 is 11.5 Å². The van der Waals surface area contributed by atoms with Gasteiger partial charge in [0.15, 0.2) is 11.5 Å². The number of fused-ring (bicyclic) bond motifs is 4. The number of hydrogen-bond donors (Lipinski definition) is 2. The summed E-state index contributed by atoms with van der Waals surface area (Å²) in [5.74, 6) is 3.25. The van der Waals surface area contributed by atoms with Gasteiger partial charge in [-0.05, 0) is 141 Å². The first-order valence-electron chi connectivity index (χ1n) is 20.7. The van der Waals surface area contributed by atoms with Crippen molar-refractivity contribution in [3.8, 4) is 17.2 Å². The second-order valence-corrected chi connectivity index (χ2v) is 18.2. The Morgan fingerprint density at radius 1 is 1.14 bits per heavy atom. The van der Waals surface area contributed by atoms with E-state index in [0.717, 1.165) is 74.6 Å². The summed E-state index contributed by atoms with van der Waals surface area (Å²) in [6, 6.07) is 13.8. The predicted molar refractivity (Wildman–Crippen MR) is 217 cm³/mol. The number of halogens is 1. The van der Waals surface area contributed by atoms with Crippen LogP contribution in [0.15, 0.2) is 48.7 Å². The molecule has 10 nitrogen and oxygen atoms in total. The number of pyridine rings is 1. The van der Waals surface area contributed by atoms with Crippen LogP contribution in [-0.4, -0.2) is 90.4 Å². The quantitative estimate of drug-likeness (QED) is 0.190. The van der Waals surface area contributed by atoms with Crippen LogP contribution in [-0.2, 0) is 27.8 Å². The van der Waals surface area contributed by atoms with E-state index in [1.807, 2.05) is 36.3 Å². The largest absolute Gasteiger partial charge is 0.493 e. The number of nitrogens with one attached hydrogen (secondary N) is 1. The average molecular weight is 785 g/mol. The lowest BCUT2D eigenvalue weighted by Crippen LogP contribution is -2.53. The van der Waals surface area contributed by atoms with Crippen LogP contribution in [0.25, 0.3) is 0 Å². The molecule has 1 saturated carbocycles. The lowest BCUT2D eigenvalue weighted by atomic mass is 9.59. The number of carboxylic acid groups (broad SMARTS) is 1. The molecule has 1 aromatic heterocycles. The lowest BCUT2D eigenvalue weighted by molar-refractivity contribution is -0.144. The summed E-state index contributed by atoms with van der Waals surface area (Å²) in [7, 11) is 3.97. The Morgan fingerprint density at radius 3 is 2.71 bits per heavy atom. The first-order valence-corrected chi connectivity index (χ1v) is 21.1. The first-order chi connectivity index (χ1) is 26.9. The summed E-state index contributed by atoms with van der Waals surface area (Å²) in [6.07, 6.45) is 9.96. The summed E-state index contributed by atoms with van der Waals surface area (Å²) in [4.78, 5) is 34.0. The Bertz CT molecular complexity index is 1950. The van der Waals surface area contributed by atoms with Crippen molar-refractivity contribution in [3.63, 3.8) is 0 Å². The van der Waals surface area contributed by atoms with E-state index in [1.54, 1.807) is 12.1 Å². The van der Waals surface area contributed by atoms with Gasteiger partial charge in [-0.15, -0.1) is 0 Å². The van der Waals surface area contributed by atoms with Gasteiger partial charge in [0, 0.05) is 61.3 Å². The minimum atomic E-state index is -1.10. The number of ether oxygens (including phenoxy) is 3. The van der Waals surface area contributed by atoms with Crippen LogP contribution in [0.2, 0.25) is 5.02 Å². The molecule has 3 aromatic rings. The molecule has 2 aliphatic heterocycles. The zero-order valence-corrected chi connectivity index (χ0v) is 34.1. The van der Waals surface area contributed by atoms with Crippen molar-refractivity contribution >= 4 is 29.2 Å². The van der Waals surface area contributed by atoms with Gasteiger partial charge in [0.25, 0.3) is 0 Å². The van der Waals surface area contributed by atoms with Crippen LogP contribution in [0.5, 0.6) is 17.2 Å². The number of nitrogens with zero attached hydrogens (tertiary/aromatic N) is 3. The third-order valence-corrected chi connectivity index (χ3v) is 13.8. The number of carboxylic acids is 1. The fraction of sp³-hybridized carbons (Fsp3) is 0.578. The van der Waals surface area contributed by atoms with Gasteiger partial charge < -0.3 is 34.4 Å². The molecule has 1 spiro atoms. The Kier molecular flexibility index (Phi) is 10.9. The molecule has 300 valence electrons. The molecule has 3 aliphatic carbocycles. The van der Waals surface area contributed by atoms with Crippen molar-refractivity contribution in [3.05, 3.63) is 76.1 Å². The molecule has 1 saturated heterocycles. The lowest BCUT2D eigenvalue weighted by Gasteiger charge is -2.47. The normalized spacial score (nSPS) is 28.6.